The summed E-state index contributed by atoms with van der Waals surface area (Å²) in [5.41, 5.74) is 3.91. The molecule has 4 rings (SSSR count). The Balaban J connectivity index is 1.79. The van der Waals surface area contributed by atoms with Crippen LogP contribution in [0, 0.1) is 13.8 Å². The first-order chi connectivity index (χ1) is 14.6. The number of aromatic nitrogens is 1. The third-order valence-corrected chi connectivity index (χ3v) is 5.94. The molecule has 1 aromatic heterocycles. The minimum absolute atomic E-state index is 0.334. The molecular weight excluding hydrogens is 392 g/mol. The molecular formula is C25H22N2O2S. The Bertz CT molecular complexity index is 1300. The molecule has 0 N–H and O–H groups in total. The fourth-order valence-corrected chi connectivity index (χ4v) is 4.32. The zero-order valence-electron chi connectivity index (χ0n) is 17.0. The first-order valence-electron chi connectivity index (χ1n) is 9.69. The van der Waals surface area contributed by atoms with E-state index in [0.717, 1.165) is 10.2 Å². The van der Waals surface area contributed by atoms with Crippen LogP contribution in [0.25, 0.3) is 10.2 Å². The molecule has 0 bridgehead atoms. The fraction of sp³-hybridized carbons (Fsp3) is 0.120. The van der Waals surface area contributed by atoms with Gasteiger partial charge in [-0.25, -0.2) is 0 Å². The third-order valence-electron chi connectivity index (χ3n) is 4.90. The molecule has 30 heavy (non-hydrogen) atoms. The normalized spacial score (nSPS) is 11.6. The van der Waals surface area contributed by atoms with Gasteiger partial charge in [-0.2, -0.15) is 4.99 Å². The summed E-state index contributed by atoms with van der Waals surface area (Å²) < 4.78 is 9.06. The Labute approximate surface area is 179 Å². The van der Waals surface area contributed by atoms with Crippen molar-refractivity contribution in [3.8, 4) is 11.5 Å². The van der Waals surface area contributed by atoms with Crippen LogP contribution >= 0.6 is 11.3 Å². The maximum absolute atomic E-state index is 13.1. The first-order valence-corrected chi connectivity index (χ1v) is 10.5. The molecule has 1 amide bonds. The van der Waals surface area contributed by atoms with Gasteiger partial charge in [0.2, 0.25) is 0 Å². The summed E-state index contributed by atoms with van der Waals surface area (Å²) in [6, 6.07) is 20.9. The number of thiazole rings is 1. The second-order valence-electron chi connectivity index (χ2n) is 7.02. The molecule has 0 aliphatic carbocycles. The zero-order valence-corrected chi connectivity index (χ0v) is 17.8. The van der Waals surface area contributed by atoms with Crippen LogP contribution in [0.2, 0.25) is 0 Å². The molecule has 1 heterocycles. The summed E-state index contributed by atoms with van der Waals surface area (Å²) in [6.07, 6.45) is 1.82. The molecule has 0 unspecified atom stereocenters. The van der Waals surface area contributed by atoms with Crippen molar-refractivity contribution in [2.24, 2.45) is 4.99 Å². The van der Waals surface area contributed by atoms with Crippen molar-refractivity contribution < 1.29 is 9.53 Å². The van der Waals surface area contributed by atoms with Crippen LogP contribution in [0.15, 0.2) is 84.4 Å². The van der Waals surface area contributed by atoms with Crippen LogP contribution in [-0.2, 0) is 6.54 Å². The molecule has 0 saturated carbocycles. The smallest absolute Gasteiger partial charge is 0.283 e. The fourth-order valence-electron chi connectivity index (χ4n) is 3.21. The summed E-state index contributed by atoms with van der Waals surface area (Å²) in [5.74, 6) is 0.826. The van der Waals surface area contributed by atoms with Crippen molar-refractivity contribution in [1.29, 1.82) is 0 Å². The summed E-state index contributed by atoms with van der Waals surface area (Å²) in [5, 5.41) is 0. The molecule has 0 aliphatic heterocycles. The highest BCUT2D eigenvalue weighted by Crippen LogP contribution is 2.26. The minimum Gasteiger partial charge on any atom is -0.457 e. The van der Waals surface area contributed by atoms with E-state index in [9.17, 15) is 4.79 Å². The SMILES string of the molecule is C=CCn1c(=NC(=O)c2ccccc2Oc2ccccc2)sc2cc(C)c(C)cc21. The lowest BCUT2D eigenvalue weighted by atomic mass is 10.1. The number of benzene rings is 3. The number of amides is 1. The summed E-state index contributed by atoms with van der Waals surface area (Å²) in [4.78, 5) is 18.2. The Kier molecular flexibility index (Phi) is 5.63. The van der Waals surface area contributed by atoms with Gasteiger partial charge in [-0.05, 0) is 61.4 Å². The van der Waals surface area contributed by atoms with Gasteiger partial charge in [-0.15, -0.1) is 6.58 Å². The molecule has 0 spiro atoms. The van der Waals surface area contributed by atoms with Crippen LogP contribution in [0.1, 0.15) is 21.5 Å². The number of aryl methyl sites for hydroxylation is 2. The minimum atomic E-state index is -0.334. The molecule has 4 aromatic rings. The summed E-state index contributed by atoms with van der Waals surface area (Å²) in [7, 11) is 0. The molecule has 150 valence electrons. The molecule has 0 aliphatic rings. The number of fused-ring (bicyclic) bond motifs is 1. The van der Waals surface area contributed by atoms with E-state index in [1.165, 1.54) is 22.5 Å². The number of nitrogens with zero attached hydrogens (tertiary/aromatic N) is 2. The van der Waals surface area contributed by atoms with Gasteiger partial charge in [0.05, 0.1) is 15.8 Å². The summed E-state index contributed by atoms with van der Waals surface area (Å²) in [6.45, 7) is 8.61. The van der Waals surface area contributed by atoms with Gasteiger partial charge in [-0.3, -0.25) is 4.79 Å². The van der Waals surface area contributed by atoms with Crippen LogP contribution < -0.4 is 9.54 Å². The highest BCUT2D eigenvalue weighted by molar-refractivity contribution is 7.16. The highest BCUT2D eigenvalue weighted by atomic mass is 32.1. The third kappa shape index (κ3) is 3.98. The predicted molar refractivity (Wildman–Crippen MR) is 122 cm³/mol. The van der Waals surface area contributed by atoms with Gasteiger partial charge in [0.25, 0.3) is 5.91 Å². The van der Waals surface area contributed by atoms with Gasteiger partial charge in [0.1, 0.15) is 11.5 Å². The van der Waals surface area contributed by atoms with Crippen LogP contribution in [0.5, 0.6) is 11.5 Å². The number of allylic oxidation sites excluding steroid dienone is 1. The monoisotopic (exact) mass is 414 g/mol. The van der Waals surface area contributed by atoms with E-state index < -0.39 is 0 Å². The number of rotatable bonds is 5. The molecule has 3 aromatic carbocycles. The van der Waals surface area contributed by atoms with Crippen molar-refractivity contribution in [1.82, 2.24) is 4.57 Å². The van der Waals surface area contributed by atoms with Gasteiger partial charge in [0.15, 0.2) is 4.80 Å². The largest absolute Gasteiger partial charge is 0.457 e. The van der Waals surface area contributed by atoms with Crippen molar-refractivity contribution in [3.63, 3.8) is 0 Å². The van der Waals surface area contributed by atoms with Crippen LogP contribution in [-0.4, -0.2) is 10.5 Å². The maximum Gasteiger partial charge on any atom is 0.283 e. The molecule has 0 radical (unpaired) electrons. The van der Waals surface area contributed by atoms with Crippen molar-refractivity contribution in [2.45, 2.75) is 20.4 Å². The molecule has 0 atom stereocenters. The van der Waals surface area contributed by atoms with E-state index in [2.05, 4.69) is 37.6 Å². The van der Waals surface area contributed by atoms with E-state index in [4.69, 9.17) is 4.74 Å². The lowest BCUT2D eigenvalue weighted by Gasteiger charge is -2.08. The Morgan fingerprint density at radius 2 is 1.77 bits per heavy atom. The van der Waals surface area contributed by atoms with Crippen molar-refractivity contribution in [3.05, 3.63) is 101 Å². The Morgan fingerprint density at radius 3 is 2.53 bits per heavy atom. The zero-order chi connectivity index (χ0) is 21.1. The second kappa shape index (κ2) is 8.51. The number of hydrogen-bond acceptors (Lipinski definition) is 3. The highest BCUT2D eigenvalue weighted by Gasteiger charge is 2.14. The maximum atomic E-state index is 13.1. The lowest BCUT2D eigenvalue weighted by molar-refractivity contribution is 0.0995. The van der Waals surface area contributed by atoms with Gasteiger partial charge in [0, 0.05) is 6.54 Å². The average Bonchev–Trinajstić information content (AvgIpc) is 3.06. The Hall–Kier alpha value is -3.44. The second-order valence-corrected chi connectivity index (χ2v) is 8.03. The summed E-state index contributed by atoms with van der Waals surface area (Å²) >= 11 is 1.51. The van der Waals surface area contributed by atoms with Crippen molar-refractivity contribution in [2.75, 3.05) is 0 Å². The number of para-hydroxylation sites is 2. The van der Waals surface area contributed by atoms with Crippen molar-refractivity contribution >= 4 is 27.5 Å². The molecule has 5 heteroatoms. The van der Waals surface area contributed by atoms with Gasteiger partial charge in [-0.1, -0.05) is 47.7 Å². The van der Waals surface area contributed by atoms with E-state index >= 15 is 0 Å². The molecule has 4 nitrogen and oxygen atoms in total. The average molecular weight is 415 g/mol. The van der Waals surface area contributed by atoms with Gasteiger partial charge < -0.3 is 9.30 Å². The molecule has 0 fully saturated rings. The van der Waals surface area contributed by atoms with Crippen LogP contribution in [0.3, 0.4) is 0 Å². The lowest BCUT2D eigenvalue weighted by Crippen LogP contribution is -2.16. The van der Waals surface area contributed by atoms with E-state index in [1.807, 2.05) is 53.1 Å². The number of hydrogen-bond donors (Lipinski definition) is 0. The number of ether oxygens (including phenoxy) is 1. The predicted octanol–water partition coefficient (Wildman–Crippen LogP) is 6.04. The number of carbonyl (C=O) groups is 1. The molecule has 0 saturated heterocycles. The van der Waals surface area contributed by atoms with E-state index in [-0.39, 0.29) is 5.91 Å². The van der Waals surface area contributed by atoms with Gasteiger partial charge >= 0.3 is 0 Å². The van der Waals surface area contributed by atoms with E-state index in [1.54, 1.807) is 12.1 Å². The van der Waals surface area contributed by atoms with E-state index in [0.29, 0.717) is 28.4 Å². The number of carbonyl (C=O) groups excluding carboxylic acids is 1. The first kappa shape index (κ1) is 19.9. The standard InChI is InChI=1S/C25H22N2O2S/c1-4-14-27-21-15-17(2)18(3)16-23(21)30-25(27)26-24(28)20-12-8-9-13-22(20)29-19-10-6-5-7-11-19/h4-13,15-16H,1,14H2,2-3H3. The Morgan fingerprint density at radius 1 is 1.07 bits per heavy atom. The van der Waals surface area contributed by atoms with Crippen LogP contribution in [0.4, 0.5) is 0 Å². The quantitative estimate of drug-likeness (QED) is 0.374. The topological polar surface area (TPSA) is 43.6 Å².